The van der Waals surface area contributed by atoms with E-state index in [4.69, 9.17) is 13.9 Å². The lowest BCUT2D eigenvalue weighted by Crippen LogP contribution is -2.43. The largest absolute Gasteiger partial charge is 0.493 e. The zero-order valence-electron chi connectivity index (χ0n) is 19.1. The van der Waals surface area contributed by atoms with Crippen LogP contribution in [0.2, 0.25) is 0 Å². The van der Waals surface area contributed by atoms with Crippen LogP contribution < -0.4 is 19.7 Å². The molecule has 0 radical (unpaired) electrons. The number of furan rings is 1. The summed E-state index contributed by atoms with van der Waals surface area (Å²) in [5.74, 6) is 3.10. The Kier molecular flexibility index (Phi) is 6.48. The van der Waals surface area contributed by atoms with Gasteiger partial charge in [-0.1, -0.05) is 6.07 Å². The maximum absolute atomic E-state index is 12.9. The lowest BCUT2D eigenvalue weighted by Gasteiger charge is -2.33. The Balaban J connectivity index is 1.38. The van der Waals surface area contributed by atoms with Crippen molar-refractivity contribution in [2.45, 2.75) is 33.1 Å². The van der Waals surface area contributed by atoms with E-state index in [2.05, 4.69) is 20.2 Å². The molecular formula is C24H30N4O4. The van der Waals surface area contributed by atoms with Crippen LogP contribution in [-0.4, -0.2) is 49.7 Å². The molecular weight excluding hydrogens is 408 g/mol. The maximum atomic E-state index is 12.9. The van der Waals surface area contributed by atoms with Crippen LogP contribution in [-0.2, 0) is 11.2 Å². The topological polar surface area (TPSA) is 89.7 Å². The van der Waals surface area contributed by atoms with Crippen LogP contribution in [0.15, 0.2) is 28.9 Å². The van der Waals surface area contributed by atoms with E-state index < -0.39 is 0 Å². The molecule has 1 aromatic carbocycles. The van der Waals surface area contributed by atoms with Crippen molar-refractivity contribution in [1.29, 1.82) is 0 Å². The normalized spacial score (nSPS) is 16.2. The molecule has 0 bridgehead atoms. The van der Waals surface area contributed by atoms with Gasteiger partial charge in [0.05, 0.1) is 25.5 Å². The van der Waals surface area contributed by atoms with E-state index in [1.807, 2.05) is 32.0 Å². The van der Waals surface area contributed by atoms with Gasteiger partial charge in [-0.2, -0.15) is 0 Å². The highest BCUT2D eigenvalue weighted by Crippen LogP contribution is 2.32. The van der Waals surface area contributed by atoms with Crippen molar-refractivity contribution in [3.8, 4) is 11.5 Å². The molecule has 1 N–H and O–H groups in total. The summed E-state index contributed by atoms with van der Waals surface area (Å²) in [5, 5.41) is 4.05. The third kappa shape index (κ3) is 4.35. The highest BCUT2D eigenvalue weighted by atomic mass is 16.5. The number of nitrogens with one attached hydrogen (secondary N) is 1. The maximum Gasteiger partial charge on any atom is 0.231 e. The highest BCUT2D eigenvalue weighted by Gasteiger charge is 2.28. The molecule has 1 fully saturated rings. The van der Waals surface area contributed by atoms with Crippen molar-refractivity contribution < 1.29 is 18.7 Å². The number of nitrogens with zero attached hydrogens (tertiary/aromatic N) is 3. The molecule has 1 amide bonds. The number of aryl methyl sites for hydroxylation is 2. The van der Waals surface area contributed by atoms with Gasteiger partial charge in [-0.25, -0.2) is 9.97 Å². The van der Waals surface area contributed by atoms with E-state index in [1.165, 1.54) is 6.33 Å². The lowest BCUT2D eigenvalue weighted by atomic mass is 9.96. The second-order valence-corrected chi connectivity index (χ2v) is 8.18. The van der Waals surface area contributed by atoms with E-state index in [1.54, 1.807) is 14.2 Å². The average Bonchev–Trinajstić information content (AvgIpc) is 3.12. The van der Waals surface area contributed by atoms with Crippen molar-refractivity contribution in [2.24, 2.45) is 5.92 Å². The standard InChI is InChI=1S/C24H30N4O4/c1-15-16(2)32-24-21(15)22(26-14-27-24)28-11-5-6-18(13-28)23(29)25-10-9-17-7-8-19(30-3)20(12-17)31-4/h7-8,12,14,18H,5-6,9-11,13H2,1-4H3,(H,25,29). The predicted octanol–water partition coefficient (Wildman–Crippen LogP) is 3.43. The number of carbonyl (C=O) groups is 1. The molecule has 8 heteroatoms. The number of amides is 1. The summed E-state index contributed by atoms with van der Waals surface area (Å²) in [6.07, 6.45) is 4.07. The summed E-state index contributed by atoms with van der Waals surface area (Å²) in [7, 11) is 3.24. The zero-order chi connectivity index (χ0) is 22.7. The molecule has 4 rings (SSSR count). The van der Waals surface area contributed by atoms with Gasteiger partial charge in [0, 0.05) is 25.2 Å². The van der Waals surface area contributed by atoms with E-state index in [0.717, 1.165) is 53.9 Å². The molecule has 1 aliphatic heterocycles. The summed E-state index contributed by atoms with van der Waals surface area (Å²) in [5.41, 5.74) is 2.74. The Morgan fingerprint density at radius 3 is 2.81 bits per heavy atom. The first-order chi connectivity index (χ1) is 15.5. The number of anilines is 1. The summed E-state index contributed by atoms with van der Waals surface area (Å²) in [4.78, 5) is 23.9. The molecule has 1 unspecified atom stereocenters. The Hall–Kier alpha value is -3.29. The number of methoxy groups -OCH3 is 2. The van der Waals surface area contributed by atoms with Crippen molar-refractivity contribution in [3.63, 3.8) is 0 Å². The van der Waals surface area contributed by atoms with E-state index >= 15 is 0 Å². The van der Waals surface area contributed by atoms with Crippen LogP contribution in [0.25, 0.3) is 11.1 Å². The molecule has 3 aromatic rings. The number of piperidine rings is 1. The molecule has 170 valence electrons. The number of ether oxygens (including phenoxy) is 2. The summed E-state index contributed by atoms with van der Waals surface area (Å²) in [6, 6.07) is 5.82. The zero-order valence-corrected chi connectivity index (χ0v) is 19.1. The smallest absolute Gasteiger partial charge is 0.231 e. The number of benzene rings is 1. The second-order valence-electron chi connectivity index (χ2n) is 8.18. The molecule has 32 heavy (non-hydrogen) atoms. The first-order valence-corrected chi connectivity index (χ1v) is 11.0. The second kappa shape index (κ2) is 9.46. The number of fused-ring (bicyclic) bond motifs is 1. The molecule has 0 saturated carbocycles. The molecule has 1 aliphatic rings. The monoisotopic (exact) mass is 438 g/mol. The highest BCUT2D eigenvalue weighted by molar-refractivity contribution is 5.90. The van der Waals surface area contributed by atoms with Crippen LogP contribution in [0.3, 0.4) is 0 Å². The number of aromatic nitrogens is 2. The van der Waals surface area contributed by atoms with Crippen LogP contribution in [0.4, 0.5) is 5.82 Å². The molecule has 0 spiro atoms. The van der Waals surface area contributed by atoms with E-state index in [-0.39, 0.29) is 11.8 Å². The fourth-order valence-corrected chi connectivity index (χ4v) is 4.30. The minimum atomic E-state index is -0.0764. The Morgan fingerprint density at radius 1 is 1.22 bits per heavy atom. The van der Waals surface area contributed by atoms with Crippen molar-refractivity contribution in [3.05, 3.63) is 41.4 Å². The fraction of sp³-hybridized carbons (Fsp3) is 0.458. The number of rotatable bonds is 7. The van der Waals surface area contributed by atoms with Crippen LogP contribution in [0.1, 0.15) is 29.7 Å². The van der Waals surface area contributed by atoms with Crippen LogP contribution in [0.5, 0.6) is 11.5 Å². The van der Waals surface area contributed by atoms with Crippen molar-refractivity contribution >= 4 is 22.8 Å². The fourth-order valence-electron chi connectivity index (χ4n) is 4.30. The van der Waals surface area contributed by atoms with E-state index in [9.17, 15) is 4.79 Å². The number of carbonyl (C=O) groups excluding carboxylic acids is 1. The Labute approximate surface area is 187 Å². The first kappa shape index (κ1) is 21.9. The Bertz CT molecular complexity index is 1110. The molecule has 1 atom stereocenters. The van der Waals surface area contributed by atoms with Gasteiger partial charge >= 0.3 is 0 Å². The van der Waals surface area contributed by atoms with Gasteiger partial charge in [-0.15, -0.1) is 0 Å². The SMILES string of the molecule is COc1ccc(CCNC(=O)C2CCCN(c3ncnc4oc(C)c(C)c34)C2)cc1OC. The van der Waals surface area contributed by atoms with Gasteiger partial charge in [0.15, 0.2) is 11.5 Å². The third-order valence-corrected chi connectivity index (χ3v) is 6.20. The van der Waals surface area contributed by atoms with Crippen LogP contribution in [0, 0.1) is 19.8 Å². The van der Waals surface area contributed by atoms with E-state index in [0.29, 0.717) is 30.3 Å². The van der Waals surface area contributed by atoms with Gasteiger partial charge in [0.25, 0.3) is 0 Å². The minimum absolute atomic E-state index is 0.0764. The minimum Gasteiger partial charge on any atom is -0.493 e. The Morgan fingerprint density at radius 2 is 2.03 bits per heavy atom. The molecule has 1 saturated heterocycles. The molecule has 0 aliphatic carbocycles. The third-order valence-electron chi connectivity index (χ3n) is 6.20. The molecule has 2 aromatic heterocycles. The van der Waals surface area contributed by atoms with Gasteiger partial charge in [0.1, 0.15) is 17.9 Å². The van der Waals surface area contributed by atoms with Gasteiger partial charge < -0.3 is 24.1 Å². The average molecular weight is 439 g/mol. The lowest BCUT2D eigenvalue weighted by molar-refractivity contribution is -0.125. The summed E-state index contributed by atoms with van der Waals surface area (Å²) < 4.78 is 16.4. The summed E-state index contributed by atoms with van der Waals surface area (Å²) >= 11 is 0. The molecule has 3 heterocycles. The molecule has 8 nitrogen and oxygen atoms in total. The van der Waals surface area contributed by atoms with Gasteiger partial charge in [-0.3, -0.25) is 4.79 Å². The first-order valence-electron chi connectivity index (χ1n) is 11.0. The predicted molar refractivity (Wildman–Crippen MR) is 122 cm³/mol. The number of hydrogen-bond acceptors (Lipinski definition) is 7. The van der Waals surface area contributed by atoms with Crippen molar-refractivity contribution in [2.75, 3.05) is 38.8 Å². The quantitative estimate of drug-likeness (QED) is 0.604. The van der Waals surface area contributed by atoms with Gasteiger partial charge in [-0.05, 0) is 50.8 Å². The van der Waals surface area contributed by atoms with Gasteiger partial charge in [0.2, 0.25) is 11.6 Å². The summed E-state index contributed by atoms with van der Waals surface area (Å²) in [6.45, 7) is 6.04. The number of hydrogen-bond donors (Lipinski definition) is 1. The van der Waals surface area contributed by atoms with Crippen LogP contribution >= 0.6 is 0 Å². The van der Waals surface area contributed by atoms with Crippen molar-refractivity contribution in [1.82, 2.24) is 15.3 Å².